The molecule has 1 aliphatic rings. The van der Waals surface area contributed by atoms with Gasteiger partial charge in [0.2, 0.25) is 0 Å². The molecule has 0 spiro atoms. The van der Waals surface area contributed by atoms with Gasteiger partial charge in [0.25, 0.3) is 0 Å². The number of hydrogen-bond acceptors (Lipinski definition) is 4. The Kier molecular flexibility index (Phi) is 4.73. The number of para-hydroxylation sites is 1. The molecule has 1 atom stereocenters. The standard InChI is InChI=1S/C17H14F2N2O4S/c18-12-6-3-7-13(19)15(12)21-17(23)16(22)20-14-9-26(24,25)8-10-4-1-2-5-11(10)14/h1-7,14H,8-9H2,(H,20,22)(H,21,23). The zero-order chi connectivity index (χ0) is 18.9. The first-order valence-corrected chi connectivity index (χ1v) is 9.43. The highest BCUT2D eigenvalue weighted by molar-refractivity contribution is 7.90. The topological polar surface area (TPSA) is 92.3 Å². The van der Waals surface area contributed by atoms with Gasteiger partial charge in [-0.2, -0.15) is 0 Å². The number of carbonyl (C=O) groups excluding carboxylic acids is 2. The average molecular weight is 380 g/mol. The highest BCUT2D eigenvalue weighted by atomic mass is 32.2. The third-order valence-electron chi connectivity index (χ3n) is 3.94. The van der Waals surface area contributed by atoms with E-state index in [4.69, 9.17) is 0 Å². The molecule has 9 heteroatoms. The van der Waals surface area contributed by atoms with Gasteiger partial charge >= 0.3 is 11.8 Å². The number of carbonyl (C=O) groups is 2. The monoisotopic (exact) mass is 380 g/mol. The first kappa shape index (κ1) is 18.0. The molecule has 0 saturated heterocycles. The second kappa shape index (κ2) is 6.83. The number of fused-ring (bicyclic) bond motifs is 1. The minimum atomic E-state index is -3.46. The largest absolute Gasteiger partial charge is 0.340 e. The fraction of sp³-hybridized carbons (Fsp3) is 0.176. The molecule has 136 valence electrons. The van der Waals surface area contributed by atoms with Crippen LogP contribution in [0.2, 0.25) is 0 Å². The molecule has 0 aromatic heterocycles. The fourth-order valence-corrected chi connectivity index (χ4v) is 4.40. The minimum Gasteiger partial charge on any atom is -0.340 e. The van der Waals surface area contributed by atoms with E-state index < -0.39 is 45.0 Å². The lowest BCUT2D eigenvalue weighted by atomic mass is 10.0. The number of amides is 2. The molecule has 0 fully saturated rings. The van der Waals surface area contributed by atoms with Crippen molar-refractivity contribution < 1.29 is 26.8 Å². The third kappa shape index (κ3) is 3.72. The molecular formula is C17H14F2N2O4S. The Morgan fingerprint density at radius 2 is 1.62 bits per heavy atom. The average Bonchev–Trinajstić information content (AvgIpc) is 2.57. The van der Waals surface area contributed by atoms with Crippen LogP contribution in [0.5, 0.6) is 0 Å². The summed E-state index contributed by atoms with van der Waals surface area (Å²) < 4.78 is 51.1. The van der Waals surface area contributed by atoms with Gasteiger partial charge in [0.15, 0.2) is 9.84 Å². The first-order chi connectivity index (χ1) is 12.3. The summed E-state index contributed by atoms with van der Waals surface area (Å²) in [6, 6.07) is 8.69. The fourth-order valence-electron chi connectivity index (χ4n) is 2.78. The van der Waals surface area contributed by atoms with Crippen LogP contribution in [0.4, 0.5) is 14.5 Å². The SMILES string of the molecule is O=C(Nc1c(F)cccc1F)C(=O)NC1CS(=O)(=O)Cc2ccccc21. The van der Waals surface area contributed by atoms with E-state index in [9.17, 15) is 26.8 Å². The van der Waals surface area contributed by atoms with Crippen molar-refractivity contribution in [3.05, 3.63) is 65.2 Å². The van der Waals surface area contributed by atoms with Crippen molar-refractivity contribution in [2.24, 2.45) is 0 Å². The van der Waals surface area contributed by atoms with E-state index in [-0.39, 0.29) is 11.5 Å². The van der Waals surface area contributed by atoms with Crippen molar-refractivity contribution in [1.29, 1.82) is 0 Å². The maximum Gasteiger partial charge on any atom is 0.313 e. The lowest BCUT2D eigenvalue weighted by Crippen LogP contribution is -2.42. The predicted molar refractivity (Wildman–Crippen MR) is 89.8 cm³/mol. The van der Waals surface area contributed by atoms with E-state index in [1.54, 1.807) is 24.3 Å². The first-order valence-electron chi connectivity index (χ1n) is 7.61. The van der Waals surface area contributed by atoms with Gasteiger partial charge in [-0.1, -0.05) is 30.3 Å². The molecule has 2 amide bonds. The van der Waals surface area contributed by atoms with Crippen LogP contribution in [0.25, 0.3) is 0 Å². The van der Waals surface area contributed by atoms with Crippen LogP contribution < -0.4 is 10.6 Å². The quantitative estimate of drug-likeness (QED) is 0.776. The van der Waals surface area contributed by atoms with Crippen LogP contribution in [0, 0.1) is 11.6 Å². The molecule has 26 heavy (non-hydrogen) atoms. The van der Waals surface area contributed by atoms with Gasteiger partial charge in [0.05, 0.1) is 17.5 Å². The van der Waals surface area contributed by atoms with E-state index in [0.29, 0.717) is 11.1 Å². The Balaban J connectivity index is 1.78. The summed E-state index contributed by atoms with van der Waals surface area (Å²) in [6.07, 6.45) is 0. The third-order valence-corrected chi connectivity index (χ3v) is 5.53. The van der Waals surface area contributed by atoms with E-state index in [1.807, 2.05) is 5.32 Å². The number of anilines is 1. The summed E-state index contributed by atoms with van der Waals surface area (Å²) >= 11 is 0. The van der Waals surface area contributed by atoms with E-state index >= 15 is 0 Å². The van der Waals surface area contributed by atoms with Crippen molar-refractivity contribution >= 4 is 27.3 Å². The molecule has 3 rings (SSSR count). The Labute approximate surface area is 148 Å². The summed E-state index contributed by atoms with van der Waals surface area (Å²) in [5, 5.41) is 4.18. The Morgan fingerprint density at radius 1 is 0.962 bits per heavy atom. The van der Waals surface area contributed by atoms with Crippen LogP contribution in [0.15, 0.2) is 42.5 Å². The molecule has 2 aromatic rings. The Bertz CT molecular complexity index is 972. The number of halogens is 2. The van der Waals surface area contributed by atoms with Crippen LogP contribution in [-0.2, 0) is 25.2 Å². The number of nitrogens with one attached hydrogen (secondary N) is 2. The van der Waals surface area contributed by atoms with Crippen molar-refractivity contribution in [3.63, 3.8) is 0 Å². The number of benzene rings is 2. The summed E-state index contributed by atoms with van der Waals surface area (Å²) in [4.78, 5) is 24.1. The normalized spacial score (nSPS) is 17.8. The zero-order valence-corrected chi connectivity index (χ0v) is 14.1. The summed E-state index contributed by atoms with van der Waals surface area (Å²) in [5.74, 6) is -5.06. The predicted octanol–water partition coefficient (Wildman–Crippen LogP) is 1.69. The molecule has 0 saturated carbocycles. The lowest BCUT2D eigenvalue weighted by Gasteiger charge is -2.26. The molecule has 1 aliphatic heterocycles. The molecule has 1 heterocycles. The second-order valence-electron chi connectivity index (χ2n) is 5.83. The zero-order valence-electron chi connectivity index (χ0n) is 13.3. The second-order valence-corrected chi connectivity index (χ2v) is 7.94. The van der Waals surface area contributed by atoms with Crippen molar-refractivity contribution in [1.82, 2.24) is 5.32 Å². The molecular weight excluding hydrogens is 366 g/mol. The smallest absolute Gasteiger partial charge is 0.313 e. The summed E-state index contributed by atoms with van der Waals surface area (Å²) in [7, 11) is -3.46. The molecule has 2 N–H and O–H groups in total. The van der Waals surface area contributed by atoms with Gasteiger partial charge in [-0.25, -0.2) is 17.2 Å². The van der Waals surface area contributed by atoms with E-state index in [2.05, 4.69) is 5.32 Å². The van der Waals surface area contributed by atoms with Gasteiger partial charge in [-0.15, -0.1) is 0 Å². The van der Waals surface area contributed by atoms with Crippen LogP contribution in [-0.4, -0.2) is 26.0 Å². The lowest BCUT2D eigenvalue weighted by molar-refractivity contribution is -0.136. The van der Waals surface area contributed by atoms with E-state index in [1.165, 1.54) is 0 Å². The van der Waals surface area contributed by atoms with Gasteiger partial charge in [0.1, 0.15) is 17.3 Å². The summed E-state index contributed by atoms with van der Waals surface area (Å²) in [6.45, 7) is 0. The molecule has 0 bridgehead atoms. The van der Waals surface area contributed by atoms with E-state index in [0.717, 1.165) is 18.2 Å². The van der Waals surface area contributed by atoms with Crippen molar-refractivity contribution in [2.75, 3.05) is 11.1 Å². The molecule has 1 unspecified atom stereocenters. The molecule has 0 aliphatic carbocycles. The molecule has 2 aromatic carbocycles. The van der Waals surface area contributed by atoms with Crippen molar-refractivity contribution in [3.8, 4) is 0 Å². The van der Waals surface area contributed by atoms with Gasteiger partial charge in [0, 0.05) is 0 Å². The number of hydrogen-bond donors (Lipinski definition) is 2. The molecule has 6 nitrogen and oxygen atoms in total. The highest BCUT2D eigenvalue weighted by Gasteiger charge is 2.32. The Morgan fingerprint density at radius 3 is 2.31 bits per heavy atom. The molecule has 0 radical (unpaired) electrons. The van der Waals surface area contributed by atoms with Gasteiger partial charge in [-0.3, -0.25) is 9.59 Å². The summed E-state index contributed by atoms with van der Waals surface area (Å²) in [5.41, 5.74) is 0.370. The maximum atomic E-state index is 13.6. The van der Waals surface area contributed by atoms with Gasteiger partial charge in [-0.05, 0) is 23.3 Å². The highest BCUT2D eigenvalue weighted by Crippen LogP contribution is 2.28. The number of rotatable bonds is 2. The van der Waals surface area contributed by atoms with Crippen LogP contribution in [0.3, 0.4) is 0 Å². The maximum absolute atomic E-state index is 13.6. The Hall–Kier alpha value is -2.81. The van der Waals surface area contributed by atoms with Crippen LogP contribution >= 0.6 is 0 Å². The number of sulfone groups is 1. The van der Waals surface area contributed by atoms with Gasteiger partial charge < -0.3 is 10.6 Å². The van der Waals surface area contributed by atoms with Crippen molar-refractivity contribution in [2.45, 2.75) is 11.8 Å². The minimum absolute atomic E-state index is 0.151. The van der Waals surface area contributed by atoms with Crippen LogP contribution in [0.1, 0.15) is 17.2 Å².